The molecule has 0 aromatic carbocycles. The Bertz CT molecular complexity index is 668. The van der Waals surface area contributed by atoms with Crippen LogP contribution in [0.5, 0.6) is 0 Å². The maximum atomic E-state index is 12.4. The van der Waals surface area contributed by atoms with Crippen LogP contribution in [0.2, 0.25) is 0 Å². The molecular weight excluding hydrogens is 344 g/mol. The monoisotopic (exact) mass is 370 g/mol. The van der Waals surface area contributed by atoms with Crippen LogP contribution in [0.1, 0.15) is 43.7 Å². The molecule has 140 valence electrons. The van der Waals surface area contributed by atoms with E-state index in [0.717, 1.165) is 37.8 Å². The second-order valence-corrected chi connectivity index (χ2v) is 8.83. The van der Waals surface area contributed by atoms with Crippen LogP contribution in [0.3, 0.4) is 0 Å². The molecule has 0 bridgehead atoms. The summed E-state index contributed by atoms with van der Waals surface area (Å²) in [7, 11) is -3.23. The molecule has 0 spiro atoms. The van der Waals surface area contributed by atoms with E-state index < -0.39 is 10.0 Å². The summed E-state index contributed by atoms with van der Waals surface area (Å²) in [6, 6.07) is 1.63. The Balaban J connectivity index is 1.48. The van der Waals surface area contributed by atoms with Gasteiger partial charge in [-0.3, -0.25) is 0 Å². The Morgan fingerprint density at radius 1 is 1.28 bits per heavy atom. The minimum atomic E-state index is -3.23. The van der Waals surface area contributed by atoms with Gasteiger partial charge >= 0.3 is 6.03 Å². The molecule has 3 rings (SSSR count). The van der Waals surface area contributed by atoms with Gasteiger partial charge in [0, 0.05) is 44.2 Å². The summed E-state index contributed by atoms with van der Waals surface area (Å²) in [4.78, 5) is 14.2. The Morgan fingerprint density at radius 3 is 2.68 bits per heavy atom. The largest absolute Gasteiger partial charge is 0.365 e. The highest BCUT2D eigenvalue weighted by atomic mass is 32.2. The predicted octanol–water partition coefficient (Wildman–Crippen LogP) is 1.38. The molecule has 1 atom stereocenters. The summed E-state index contributed by atoms with van der Waals surface area (Å²) < 4.78 is 30.2. The normalized spacial score (nSPS) is 23.6. The number of aromatic nitrogens is 1. The Labute approximate surface area is 148 Å². The minimum absolute atomic E-state index is 0.113. The smallest absolute Gasteiger partial charge is 0.317 e. The van der Waals surface area contributed by atoms with Crippen molar-refractivity contribution in [3.8, 4) is 0 Å². The third-order valence-electron chi connectivity index (χ3n) is 5.15. The molecule has 1 aromatic rings. The molecule has 3 heterocycles. The van der Waals surface area contributed by atoms with Crippen LogP contribution in [0.4, 0.5) is 4.79 Å². The van der Waals surface area contributed by atoms with Gasteiger partial charge in [0.15, 0.2) is 0 Å². The number of hydrogen-bond acceptors (Lipinski definition) is 5. The molecule has 0 saturated carbocycles. The summed E-state index contributed by atoms with van der Waals surface area (Å²) in [6.45, 7) is 2.26. The molecule has 1 aromatic heterocycles. The number of rotatable bonds is 4. The first-order chi connectivity index (χ1) is 11.9. The van der Waals surface area contributed by atoms with Gasteiger partial charge in [-0.1, -0.05) is 11.6 Å². The molecule has 0 radical (unpaired) electrons. The lowest BCUT2D eigenvalue weighted by Gasteiger charge is -2.35. The van der Waals surface area contributed by atoms with Crippen molar-refractivity contribution in [2.75, 3.05) is 32.4 Å². The molecule has 2 aliphatic heterocycles. The van der Waals surface area contributed by atoms with E-state index in [1.807, 2.05) is 6.07 Å². The van der Waals surface area contributed by atoms with E-state index in [1.165, 1.54) is 10.6 Å². The van der Waals surface area contributed by atoms with Crippen LogP contribution < -0.4 is 5.32 Å². The van der Waals surface area contributed by atoms with Crippen molar-refractivity contribution in [1.29, 1.82) is 0 Å². The average Bonchev–Trinajstić information content (AvgIpc) is 3.14. The van der Waals surface area contributed by atoms with Crippen molar-refractivity contribution in [3.63, 3.8) is 0 Å². The lowest BCUT2D eigenvalue weighted by atomic mass is 9.94. The van der Waals surface area contributed by atoms with Crippen LogP contribution in [0.15, 0.2) is 16.9 Å². The van der Waals surface area contributed by atoms with E-state index in [9.17, 15) is 13.2 Å². The van der Waals surface area contributed by atoms with Crippen LogP contribution in [-0.4, -0.2) is 67.3 Å². The Kier molecular flexibility index (Phi) is 5.63. The number of carbonyl (C=O) groups excluding carboxylic acids is 1. The van der Waals surface area contributed by atoms with Gasteiger partial charge in [0.2, 0.25) is 10.0 Å². The van der Waals surface area contributed by atoms with E-state index in [2.05, 4.69) is 10.5 Å². The lowest BCUT2D eigenvalue weighted by Crippen LogP contribution is -2.52. The number of amides is 2. The van der Waals surface area contributed by atoms with Crippen LogP contribution >= 0.6 is 0 Å². The molecule has 25 heavy (non-hydrogen) atoms. The second-order valence-electron chi connectivity index (χ2n) is 6.90. The van der Waals surface area contributed by atoms with Crippen molar-refractivity contribution < 1.29 is 17.7 Å². The van der Waals surface area contributed by atoms with Crippen molar-refractivity contribution in [1.82, 2.24) is 19.7 Å². The van der Waals surface area contributed by atoms with Gasteiger partial charge in [0.05, 0.1) is 11.9 Å². The molecule has 1 unspecified atom stereocenters. The van der Waals surface area contributed by atoms with Gasteiger partial charge < -0.3 is 14.7 Å². The molecule has 0 aliphatic carbocycles. The summed E-state index contributed by atoms with van der Waals surface area (Å²) >= 11 is 0. The number of piperidine rings is 2. The number of sulfonamides is 1. The van der Waals surface area contributed by atoms with E-state index in [1.54, 1.807) is 11.2 Å². The van der Waals surface area contributed by atoms with E-state index in [0.29, 0.717) is 32.1 Å². The fraction of sp³-hybridized carbons (Fsp3) is 0.750. The number of hydrogen-bond donors (Lipinski definition) is 1. The summed E-state index contributed by atoms with van der Waals surface area (Å²) in [6.07, 6.45) is 7.20. The number of nitrogens with one attached hydrogen (secondary N) is 1. The van der Waals surface area contributed by atoms with Gasteiger partial charge in [-0.15, -0.1) is 0 Å². The zero-order chi connectivity index (χ0) is 17.9. The molecule has 2 saturated heterocycles. The minimum Gasteiger partial charge on any atom is -0.365 e. The van der Waals surface area contributed by atoms with E-state index in [-0.39, 0.29) is 12.1 Å². The number of urea groups is 1. The number of nitrogens with zero attached hydrogens (tertiary/aromatic N) is 3. The number of likely N-dealkylation sites (tertiary alicyclic amines) is 1. The van der Waals surface area contributed by atoms with Crippen LogP contribution in [-0.2, 0) is 10.0 Å². The highest BCUT2D eigenvalue weighted by molar-refractivity contribution is 7.88. The topological polar surface area (TPSA) is 95.8 Å². The molecule has 9 heteroatoms. The molecule has 1 N–H and O–H groups in total. The van der Waals surface area contributed by atoms with Gasteiger partial charge in [0.1, 0.15) is 6.26 Å². The Hall–Kier alpha value is -1.61. The lowest BCUT2D eigenvalue weighted by molar-refractivity contribution is 0.174. The quantitative estimate of drug-likeness (QED) is 0.864. The summed E-state index contributed by atoms with van der Waals surface area (Å²) in [5, 5.41) is 6.90. The molecule has 2 fully saturated rings. The van der Waals surface area contributed by atoms with Crippen molar-refractivity contribution >= 4 is 16.1 Å². The first-order valence-corrected chi connectivity index (χ1v) is 10.7. The van der Waals surface area contributed by atoms with E-state index >= 15 is 0 Å². The average molecular weight is 370 g/mol. The zero-order valence-corrected chi connectivity index (χ0v) is 15.4. The summed E-state index contributed by atoms with van der Waals surface area (Å²) in [5.41, 5.74) is 0.950. The predicted molar refractivity (Wildman–Crippen MR) is 92.6 cm³/mol. The molecular formula is C16H26N4O4S. The summed E-state index contributed by atoms with van der Waals surface area (Å²) in [5.74, 6) is 0.335. The molecule has 2 aliphatic rings. The van der Waals surface area contributed by atoms with E-state index in [4.69, 9.17) is 4.52 Å². The van der Waals surface area contributed by atoms with Gasteiger partial charge in [-0.05, 0) is 25.7 Å². The third-order valence-corrected chi connectivity index (χ3v) is 6.48. The van der Waals surface area contributed by atoms with Gasteiger partial charge in [0.25, 0.3) is 0 Å². The number of carbonyl (C=O) groups is 1. The first-order valence-electron chi connectivity index (χ1n) is 8.85. The maximum Gasteiger partial charge on any atom is 0.317 e. The zero-order valence-electron chi connectivity index (χ0n) is 14.6. The van der Waals surface area contributed by atoms with Gasteiger partial charge in [-0.25, -0.2) is 13.2 Å². The van der Waals surface area contributed by atoms with Crippen LogP contribution in [0, 0.1) is 0 Å². The van der Waals surface area contributed by atoms with Crippen LogP contribution in [0.25, 0.3) is 0 Å². The Morgan fingerprint density at radius 2 is 2.04 bits per heavy atom. The molecule has 8 nitrogen and oxygen atoms in total. The molecule has 2 amide bonds. The fourth-order valence-electron chi connectivity index (χ4n) is 3.74. The highest BCUT2D eigenvalue weighted by Crippen LogP contribution is 2.26. The van der Waals surface area contributed by atoms with Crippen molar-refractivity contribution in [2.45, 2.75) is 44.1 Å². The highest BCUT2D eigenvalue weighted by Gasteiger charge is 2.30. The first kappa shape index (κ1) is 18.2. The van der Waals surface area contributed by atoms with Gasteiger partial charge in [-0.2, -0.15) is 4.31 Å². The standard InChI is InChI=1S/C16H26N4O4S/c1-25(22,23)20-8-3-2-4-14(20)12-17-16(21)19-9-5-13(6-10-19)15-7-11-24-18-15/h7,11,13-14H,2-6,8-10,12H2,1H3,(H,17,21). The fourth-order valence-corrected chi connectivity index (χ4v) is 4.92. The SMILES string of the molecule is CS(=O)(=O)N1CCCCC1CNC(=O)N1CCC(c2ccon2)CC1. The third kappa shape index (κ3) is 4.52. The maximum absolute atomic E-state index is 12.4. The van der Waals surface area contributed by atoms with Crippen molar-refractivity contribution in [3.05, 3.63) is 18.0 Å². The van der Waals surface area contributed by atoms with Crippen molar-refractivity contribution in [2.24, 2.45) is 0 Å². The second kappa shape index (κ2) is 7.74.